The van der Waals surface area contributed by atoms with Crippen molar-refractivity contribution in [2.75, 3.05) is 0 Å². The summed E-state index contributed by atoms with van der Waals surface area (Å²) in [6.07, 6.45) is 7.64. The summed E-state index contributed by atoms with van der Waals surface area (Å²) in [7, 11) is 0. The van der Waals surface area contributed by atoms with Gasteiger partial charge in [0.2, 0.25) is 11.8 Å². The molecule has 2 heterocycles. The Morgan fingerprint density at radius 3 is 2.56 bits per heavy atom. The van der Waals surface area contributed by atoms with Crippen LogP contribution in [0.3, 0.4) is 0 Å². The van der Waals surface area contributed by atoms with Crippen LogP contribution in [0.25, 0.3) is 10.9 Å². The van der Waals surface area contributed by atoms with Crippen molar-refractivity contribution >= 4 is 34.1 Å². The van der Waals surface area contributed by atoms with E-state index in [0.29, 0.717) is 6.54 Å². The van der Waals surface area contributed by atoms with E-state index < -0.39 is 6.04 Å². The number of aromatic nitrogens is 1. The van der Waals surface area contributed by atoms with E-state index in [2.05, 4.69) is 10.3 Å². The van der Waals surface area contributed by atoms with Gasteiger partial charge >= 0.3 is 0 Å². The van der Waals surface area contributed by atoms with Crippen LogP contribution in [-0.2, 0) is 22.6 Å². The standard InChI is InChI=1S/C30H33N3O2S/c1-21-13-15-22(16-14-21)29(30(35)32-24-8-3-2-4-9-24)33(20-25-10-7-17-36-25)28(34)18-23-19-31-27-12-6-5-11-26(23)27/h5-7,10-17,19,24,29,31H,2-4,8-9,18,20H2,1H3,(H,32,35)/t29-/m0/s1. The molecule has 0 bridgehead atoms. The quantitative estimate of drug-likeness (QED) is 0.299. The van der Waals surface area contributed by atoms with Gasteiger partial charge in [-0.15, -0.1) is 11.3 Å². The molecular weight excluding hydrogens is 466 g/mol. The number of thiophene rings is 1. The average molecular weight is 500 g/mol. The van der Waals surface area contributed by atoms with Gasteiger partial charge in [-0.25, -0.2) is 0 Å². The van der Waals surface area contributed by atoms with Crippen molar-refractivity contribution in [2.24, 2.45) is 0 Å². The SMILES string of the molecule is Cc1ccc([C@@H](C(=O)NC2CCCCC2)N(Cc2cccs2)C(=O)Cc2c[nH]c3ccccc23)cc1. The molecule has 2 amide bonds. The van der Waals surface area contributed by atoms with E-state index in [9.17, 15) is 9.59 Å². The summed E-state index contributed by atoms with van der Waals surface area (Å²) in [5.41, 5.74) is 3.93. The smallest absolute Gasteiger partial charge is 0.247 e. The van der Waals surface area contributed by atoms with Gasteiger partial charge in [0.15, 0.2) is 0 Å². The third-order valence-electron chi connectivity index (χ3n) is 7.15. The number of aromatic amines is 1. The Kier molecular flexibility index (Phi) is 7.52. The van der Waals surface area contributed by atoms with Crippen molar-refractivity contribution in [2.45, 2.75) is 64.1 Å². The third-order valence-corrected chi connectivity index (χ3v) is 8.01. The number of para-hydroxylation sites is 1. The minimum Gasteiger partial charge on any atom is -0.361 e. The molecular formula is C30H33N3O2S. The number of rotatable bonds is 8. The molecule has 1 saturated carbocycles. The first-order valence-electron chi connectivity index (χ1n) is 12.8. The minimum absolute atomic E-state index is 0.0578. The zero-order valence-corrected chi connectivity index (χ0v) is 21.5. The number of nitrogens with one attached hydrogen (secondary N) is 2. The topological polar surface area (TPSA) is 65.2 Å². The zero-order valence-electron chi connectivity index (χ0n) is 20.7. The lowest BCUT2D eigenvalue weighted by Gasteiger charge is -2.33. The number of fused-ring (bicyclic) bond motifs is 1. The second kappa shape index (κ2) is 11.1. The Morgan fingerprint density at radius 2 is 1.81 bits per heavy atom. The number of H-pyrrole nitrogens is 1. The van der Waals surface area contributed by atoms with Crippen molar-refractivity contribution in [1.82, 2.24) is 15.2 Å². The normalized spacial score (nSPS) is 15.0. The first kappa shape index (κ1) is 24.3. The molecule has 1 atom stereocenters. The lowest BCUT2D eigenvalue weighted by molar-refractivity contribution is -0.141. The number of carbonyl (C=O) groups excluding carboxylic acids is 2. The molecule has 0 saturated heterocycles. The van der Waals surface area contributed by atoms with Crippen LogP contribution >= 0.6 is 11.3 Å². The molecule has 1 fully saturated rings. The second-order valence-electron chi connectivity index (χ2n) is 9.79. The Bertz CT molecular complexity index is 1300. The number of hydrogen-bond acceptors (Lipinski definition) is 3. The summed E-state index contributed by atoms with van der Waals surface area (Å²) in [5, 5.41) is 6.36. The lowest BCUT2D eigenvalue weighted by Crippen LogP contribution is -2.47. The van der Waals surface area contributed by atoms with Crippen molar-refractivity contribution < 1.29 is 9.59 Å². The molecule has 36 heavy (non-hydrogen) atoms. The molecule has 2 aromatic heterocycles. The summed E-state index contributed by atoms with van der Waals surface area (Å²) < 4.78 is 0. The molecule has 1 aliphatic rings. The summed E-state index contributed by atoms with van der Waals surface area (Å²) in [5.74, 6) is -0.146. The summed E-state index contributed by atoms with van der Waals surface area (Å²) in [6.45, 7) is 2.43. The molecule has 4 aromatic rings. The highest BCUT2D eigenvalue weighted by Gasteiger charge is 2.33. The van der Waals surface area contributed by atoms with Crippen molar-refractivity contribution in [3.63, 3.8) is 0 Å². The van der Waals surface area contributed by atoms with E-state index in [1.54, 1.807) is 16.2 Å². The molecule has 5 nitrogen and oxygen atoms in total. The number of aryl methyl sites for hydroxylation is 1. The molecule has 6 heteroatoms. The summed E-state index contributed by atoms with van der Waals surface area (Å²) >= 11 is 1.61. The monoisotopic (exact) mass is 499 g/mol. The maximum absolute atomic E-state index is 14.0. The highest BCUT2D eigenvalue weighted by molar-refractivity contribution is 7.09. The highest BCUT2D eigenvalue weighted by Crippen LogP contribution is 2.29. The fraction of sp³-hybridized carbons (Fsp3) is 0.333. The van der Waals surface area contributed by atoms with Gasteiger partial charge in [0, 0.05) is 28.0 Å². The average Bonchev–Trinajstić information content (AvgIpc) is 3.56. The van der Waals surface area contributed by atoms with Crippen LogP contribution in [0.1, 0.15) is 59.7 Å². The van der Waals surface area contributed by atoms with Crippen LogP contribution in [0, 0.1) is 6.92 Å². The van der Waals surface area contributed by atoms with Crippen LogP contribution in [0.5, 0.6) is 0 Å². The van der Waals surface area contributed by atoms with Gasteiger partial charge in [0.05, 0.1) is 13.0 Å². The largest absolute Gasteiger partial charge is 0.361 e. The molecule has 0 aliphatic heterocycles. The molecule has 0 spiro atoms. The minimum atomic E-state index is -0.688. The maximum Gasteiger partial charge on any atom is 0.247 e. The molecule has 0 radical (unpaired) electrons. The van der Waals surface area contributed by atoms with Gasteiger partial charge in [-0.05, 0) is 48.4 Å². The molecule has 2 aromatic carbocycles. The first-order valence-corrected chi connectivity index (χ1v) is 13.7. The van der Waals surface area contributed by atoms with Crippen LogP contribution in [-0.4, -0.2) is 27.7 Å². The van der Waals surface area contributed by atoms with Crippen molar-refractivity contribution in [3.8, 4) is 0 Å². The van der Waals surface area contributed by atoms with E-state index in [1.807, 2.05) is 79.2 Å². The van der Waals surface area contributed by atoms with E-state index >= 15 is 0 Å². The highest BCUT2D eigenvalue weighted by atomic mass is 32.1. The van der Waals surface area contributed by atoms with Crippen LogP contribution < -0.4 is 5.32 Å². The van der Waals surface area contributed by atoms with E-state index in [0.717, 1.165) is 58.2 Å². The number of nitrogens with zero attached hydrogens (tertiary/aromatic N) is 1. The zero-order chi connectivity index (χ0) is 24.9. The molecule has 186 valence electrons. The van der Waals surface area contributed by atoms with Gasteiger partial charge in [-0.2, -0.15) is 0 Å². The van der Waals surface area contributed by atoms with Gasteiger partial charge < -0.3 is 15.2 Å². The van der Waals surface area contributed by atoms with Gasteiger partial charge in [0.1, 0.15) is 6.04 Å². The lowest BCUT2D eigenvalue weighted by atomic mass is 9.94. The summed E-state index contributed by atoms with van der Waals surface area (Å²) in [4.78, 5) is 34.0. The molecule has 0 unspecified atom stereocenters. The van der Waals surface area contributed by atoms with Crippen LogP contribution in [0.4, 0.5) is 0 Å². The van der Waals surface area contributed by atoms with Crippen molar-refractivity contribution in [1.29, 1.82) is 0 Å². The fourth-order valence-electron chi connectivity index (χ4n) is 5.18. The maximum atomic E-state index is 14.0. The number of hydrogen-bond donors (Lipinski definition) is 2. The van der Waals surface area contributed by atoms with E-state index in [1.165, 1.54) is 6.42 Å². The Labute approximate surface area is 216 Å². The van der Waals surface area contributed by atoms with Crippen LogP contribution in [0.2, 0.25) is 0 Å². The second-order valence-corrected chi connectivity index (χ2v) is 10.8. The Balaban J connectivity index is 1.49. The van der Waals surface area contributed by atoms with Gasteiger partial charge in [0.25, 0.3) is 0 Å². The predicted molar refractivity (Wildman–Crippen MR) is 146 cm³/mol. The molecule has 5 rings (SSSR count). The first-order chi connectivity index (χ1) is 17.6. The third kappa shape index (κ3) is 5.54. The molecule has 2 N–H and O–H groups in total. The van der Waals surface area contributed by atoms with E-state index in [4.69, 9.17) is 0 Å². The van der Waals surface area contributed by atoms with Gasteiger partial charge in [-0.1, -0.05) is 73.4 Å². The molecule has 1 aliphatic carbocycles. The predicted octanol–water partition coefficient (Wildman–Crippen LogP) is 6.30. The van der Waals surface area contributed by atoms with E-state index in [-0.39, 0.29) is 24.3 Å². The van der Waals surface area contributed by atoms with Crippen molar-refractivity contribution in [3.05, 3.63) is 93.8 Å². The van der Waals surface area contributed by atoms with Gasteiger partial charge in [-0.3, -0.25) is 9.59 Å². The number of amides is 2. The fourth-order valence-corrected chi connectivity index (χ4v) is 5.89. The number of benzene rings is 2. The Hall–Kier alpha value is -3.38. The van der Waals surface area contributed by atoms with Crippen LogP contribution in [0.15, 0.2) is 72.2 Å². The number of carbonyl (C=O) groups is 2. The summed E-state index contributed by atoms with van der Waals surface area (Å²) in [6, 6.07) is 19.5. The Morgan fingerprint density at radius 1 is 1.03 bits per heavy atom.